The van der Waals surface area contributed by atoms with Crippen LogP contribution in [-0.4, -0.2) is 92.2 Å². The van der Waals surface area contributed by atoms with Crippen molar-refractivity contribution >= 4 is 47.3 Å². The van der Waals surface area contributed by atoms with E-state index in [0.29, 0.717) is 0 Å². The third kappa shape index (κ3) is 27.8. The molecule has 0 saturated carbocycles. The van der Waals surface area contributed by atoms with Gasteiger partial charge in [-0.15, -0.1) is 0 Å². The Bertz CT molecular complexity index is 1030. The van der Waals surface area contributed by atoms with E-state index < -0.39 is 85.5 Å². The molecule has 4 unspecified atom stereocenters. The molecular weight excluding hydrogens is 656 g/mol. The van der Waals surface area contributed by atoms with Crippen LogP contribution in [0.2, 0.25) is 0 Å². The van der Waals surface area contributed by atoms with Gasteiger partial charge in [0.15, 0.2) is 6.10 Å². The molecule has 0 aliphatic carbocycles. The first-order valence-corrected chi connectivity index (χ1v) is 14.2. The normalized spacial score (nSPS) is 11.9. The average Bonchev–Trinajstić information content (AvgIpc) is 2.90. The Labute approximate surface area is 301 Å². The highest BCUT2D eigenvalue weighted by Gasteiger charge is 2.28. The lowest BCUT2D eigenvalue weighted by Crippen LogP contribution is -2.46. The summed E-state index contributed by atoms with van der Waals surface area (Å²) in [6.07, 6.45) is -2.90. The third-order valence-corrected chi connectivity index (χ3v) is 5.70. The number of carbonyl (C=O) groups excluding carboxylic acids is 8. The van der Waals surface area contributed by atoms with Gasteiger partial charge in [0.05, 0.1) is 13.1 Å². The maximum Gasteiger partial charge on any atom is 0.331 e. The molecule has 0 saturated heterocycles. The van der Waals surface area contributed by atoms with Crippen molar-refractivity contribution in [3.8, 4) is 0 Å². The molecule has 4 atom stereocenters. The second-order valence-corrected chi connectivity index (χ2v) is 10.9. The van der Waals surface area contributed by atoms with Crippen molar-refractivity contribution in [2.45, 2.75) is 143 Å². The first-order chi connectivity index (χ1) is 20.5. The highest BCUT2D eigenvalue weighted by molar-refractivity contribution is 5.98. The lowest BCUT2D eigenvalue weighted by molar-refractivity contribution is -0.172. The lowest BCUT2D eigenvalue weighted by atomic mass is 10.0. The maximum absolute atomic E-state index is 12.7. The Morgan fingerprint density at radius 1 is 0.580 bits per heavy atom. The molecule has 0 rings (SSSR count). The second kappa shape index (κ2) is 32.1. The van der Waals surface area contributed by atoms with E-state index in [9.17, 15) is 38.4 Å². The summed E-state index contributed by atoms with van der Waals surface area (Å²) in [6.45, 7) is 10.2. The molecule has 0 heterocycles. The van der Waals surface area contributed by atoms with E-state index in [4.69, 9.17) is 18.9 Å². The number of carbonyl (C=O) groups is 8. The zero-order valence-electron chi connectivity index (χ0n) is 26.6. The van der Waals surface area contributed by atoms with Gasteiger partial charge in [0.1, 0.15) is 30.4 Å². The van der Waals surface area contributed by atoms with Gasteiger partial charge in [-0.05, 0) is 45.4 Å². The zero-order chi connectivity index (χ0) is 34.0. The number of hydrogen-bond acceptors (Lipinski definition) is 12. The number of ether oxygens (including phenoxy) is 4. The molecule has 0 aromatic rings. The molecule has 0 spiro atoms. The Hall–Kier alpha value is -4.08. The number of nitrogens with one attached hydrogen (secondary N) is 4. The number of ketones is 1. The van der Waals surface area contributed by atoms with Gasteiger partial charge in [-0.2, -0.15) is 0 Å². The summed E-state index contributed by atoms with van der Waals surface area (Å²) < 4.78 is 19.8. The van der Waals surface area contributed by atoms with Crippen LogP contribution in [0, 0.1) is 11.8 Å². The van der Waals surface area contributed by atoms with Crippen molar-refractivity contribution in [3.63, 3.8) is 0 Å². The van der Waals surface area contributed by atoms with Gasteiger partial charge < -0.3 is 40.2 Å². The maximum atomic E-state index is 12.7. The number of amides is 4. The fourth-order valence-electron chi connectivity index (χ4n) is 3.47. The van der Waals surface area contributed by atoms with Crippen LogP contribution in [-0.2, 0) is 57.3 Å². The van der Waals surface area contributed by atoms with Gasteiger partial charge in [-0.25, -0.2) is 9.59 Å². The zero-order valence-corrected chi connectivity index (χ0v) is 26.6. The minimum Gasteiger partial charge on any atom is -0.452 e. The molecule has 0 aliphatic rings. The van der Waals surface area contributed by atoms with E-state index in [1.165, 1.54) is 27.9 Å². The minimum atomic E-state index is -1.29. The molecular formula is C34H70N4O12. The molecule has 4 amide bonds. The van der Waals surface area contributed by atoms with Crippen molar-refractivity contribution in [1.29, 1.82) is 0 Å². The van der Waals surface area contributed by atoms with Crippen LogP contribution in [0.4, 0.5) is 0 Å². The monoisotopic (exact) mass is 726 g/mol. The molecule has 4 N–H and O–H groups in total. The molecule has 0 aliphatic heterocycles. The smallest absolute Gasteiger partial charge is 0.331 e. The van der Waals surface area contributed by atoms with Gasteiger partial charge in [0, 0.05) is 7.11 Å². The van der Waals surface area contributed by atoms with Crippen LogP contribution in [0.3, 0.4) is 0 Å². The Kier molecular flexibility index (Phi) is 39.3. The Morgan fingerprint density at radius 2 is 0.960 bits per heavy atom. The molecule has 16 nitrogen and oxygen atoms in total. The van der Waals surface area contributed by atoms with Crippen molar-refractivity contribution < 1.29 is 57.3 Å². The summed E-state index contributed by atoms with van der Waals surface area (Å²) >= 11 is 0. The fraction of sp³-hybridized carbons (Fsp3) is 0.765. The van der Waals surface area contributed by atoms with E-state index in [-0.39, 0.29) is 81.7 Å². The molecule has 0 radical (unpaired) electrons. The van der Waals surface area contributed by atoms with E-state index >= 15 is 0 Å². The van der Waals surface area contributed by atoms with Crippen LogP contribution in [0.5, 0.6) is 0 Å². The van der Waals surface area contributed by atoms with E-state index in [0.717, 1.165) is 0 Å². The summed E-state index contributed by atoms with van der Waals surface area (Å²) in [5, 5.41) is 9.55. The Morgan fingerprint density at radius 3 is 1.32 bits per heavy atom. The Balaban J connectivity index is -0.000000616. The van der Waals surface area contributed by atoms with Gasteiger partial charge >= 0.3 is 17.9 Å². The largest absolute Gasteiger partial charge is 0.452 e. The predicted octanol–water partition coefficient (Wildman–Crippen LogP) is 3.43. The molecule has 0 fully saturated rings. The minimum absolute atomic E-state index is 0. The highest BCUT2D eigenvalue weighted by atomic mass is 16.7. The summed E-state index contributed by atoms with van der Waals surface area (Å²) in [5.74, 6) is -6.07. The lowest BCUT2D eigenvalue weighted by Gasteiger charge is -2.21. The second-order valence-electron chi connectivity index (χ2n) is 10.9. The van der Waals surface area contributed by atoms with Crippen molar-refractivity contribution in [1.82, 2.24) is 21.3 Å². The quantitative estimate of drug-likeness (QED) is 0.0805. The summed E-state index contributed by atoms with van der Waals surface area (Å²) in [4.78, 5) is 96.7. The molecule has 0 aromatic carbocycles. The van der Waals surface area contributed by atoms with Gasteiger partial charge in [0.2, 0.25) is 24.5 Å². The van der Waals surface area contributed by atoms with Crippen LogP contribution < -0.4 is 21.3 Å². The number of esters is 3. The fourth-order valence-corrected chi connectivity index (χ4v) is 3.47. The van der Waals surface area contributed by atoms with E-state index in [1.54, 1.807) is 13.8 Å². The van der Waals surface area contributed by atoms with E-state index in [2.05, 4.69) is 21.3 Å². The first-order valence-electron chi connectivity index (χ1n) is 14.2. The van der Waals surface area contributed by atoms with Crippen molar-refractivity contribution in [3.05, 3.63) is 0 Å². The average molecular weight is 727 g/mol. The summed E-state index contributed by atoms with van der Waals surface area (Å²) in [7, 11) is 1.35. The van der Waals surface area contributed by atoms with Crippen molar-refractivity contribution in [2.24, 2.45) is 11.8 Å². The van der Waals surface area contributed by atoms with Gasteiger partial charge in [-0.1, -0.05) is 72.3 Å². The van der Waals surface area contributed by atoms with Gasteiger partial charge in [-0.3, -0.25) is 28.8 Å². The van der Waals surface area contributed by atoms with Crippen LogP contribution in [0.1, 0.15) is 119 Å². The number of Topliss-reactive ketones (excluding diaryl/α,β-unsaturated/α-hetero) is 1. The first kappa shape index (κ1) is 61.2. The van der Waals surface area contributed by atoms with Gasteiger partial charge in [0.25, 0.3) is 5.91 Å². The standard InChI is InChI=1S/C28H46N4O12.6CH4/c1-15(2)9-20(31-22(34)11-17(5)33)27(39)42-14-43-28(40)21(10-16(3)4)32-23(35)12-24(36)44-19(7)26(38)30-13-29-25(37)18(6)41-8;;;;;;/h15-16,18-21H,9-14H2,1-8H3,(H,29,37)(H,30,38)(H,31,34)(H,32,35);6*1H4. The molecule has 0 bridgehead atoms. The highest BCUT2D eigenvalue weighted by Crippen LogP contribution is 2.10. The number of rotatable bonds is 20. The molecule has 298 valence electrons. The van der Waals surface area contributed by atoms with Crippen LogP contribution in [0.15, 0.2) is 0 Å². The van der Waals surface area contributed by atoms with Crippen LogP contribution in [0.25, 0.3) is 0 Å². The summed E-state index contributed by atoms with van der Waals surface area (Å²) in [6, 6.07) is -2.27. The summed E-state index contributed by atoms with van der Waals surface area (Å²) in [5.41, 5.74) is 0. The SMILES string of the molecule is C.C.C.C.C.C.COC(C)C(=O)NCNC(=O)C(C)OC(=O)CC(=O)NC(CC(C)C)C(=O)OCOC(=O)C(CC(C)C)NC(=O)CC(C)=O. The number of hydrogen-bond donors (Lipinski definition) is 4. The van der Waals surface area contributed by atoms with Crippen molar-refractivity contribution in [2.75, 3.05) is 20.6 Å². The van der Waals surface area contributed by atoms with E-state index in [1.807, 2.05) is 13.8 Å². The molecule has 0 aromatic heterocycles. The molecule has 16 heteroatoms. The number of methoxy groups -OCH3 is 1. The predicted molar refractivity (Wildman–Crippen MR) is 193 cm³/mol. The molecule has 50 heavy (non-hydrogen) atoms. The topological polar surface area (TPSA) is 222 Å². The van der Waals surface area contributed by atoms with Crippen LogP contribution >= 0.6 is 0 Å². The third-order valence-electron chi connectivity index (χ3n) is 5.70.